The number of hydrogen-bond donors (Lipinski definition) is 2. The number of nitrogens with zero attached hydrogens (tertiary/aromatic N) is 4. The predicted molar refractivity (Wildman–Crippen MR) is 119 cm³/mol. The number of likely N-dealkylation sites (N-methyl/N-ethyl adjacent to an activating group) is 1. The lowest BCUT2D eigenvalue weighted by Crippen LogP contribution is -2.51. The lowest BCUT2D eigenvalue weighted by atomic mass is 10.1. The van der Waals surface area contributed by atoms with Crippen molar-refractivity contribution in [3.8, 4) is 0 Å². The van der Waals surface area contributed by atoms with Crippen LogP contribution in [-0.4, -0.2) is 87.1 Å². The molecule has 2 fully saturated rings. The summed E-state index contributed by atoms with van der Waals surface area (Å²) in [6.07, 6.45) is 2.42. The maximum atomic E-state index is 14.0. The van der Waals surface area contributed by atoms with E-state index in [4.69, 9.17) is 4.99 Å². The molecule has 0 aromatic heterocycles. The molecule has 2 heterocycles. The van der Waals surface area contributed by atoms with Crippen LogP contribution in [-0.2, 0) is 4.79 Å². The number of para-hydroxylation sites is 1. The number of guanidine groups is 1. The number of carbonyl (C=O) groups is 1. The van der Waals surface area contributed by atoms with E-state index in [1.807, 2.05) is 19.2 Å². The number of amides is 1. The first kappa shape index (κ1) is 22.3. The number of anilines is 1. The van der Waals surface area contributed by atoms with Crippen LogP contribution in [0.1, 0.15) is 26.2 Å². The van der Waals surface area contributed by atoms with Crippen molar-refractivity contribution in [3.05, 3.63) is 30.1 Å². The quantitative estimate of drug-likeness (QED) is 0.399. The maximum absolute atomic E-state index is 14.0. The van der Waals surface area contributed by atoms with E-state index in [1.54, 1.807) is 11.0 Å². The minimum Gasteiger partial charge on any atom is -0.367 e. The topological polar surface area (TPSA) is 63.2 Å². The number of rotatable bonds is 7. The largest absolute Gasteiger partial charge is 0.367 e. The van der Waals surface area contributed by atoms with E-state index in [0.29, 0.717) is 12.1 Å². The number of piperazine rings is 1. The third-order valence-electron chi connectivity index (χ3n) is 5.78. The smallest absolute Gasteiger partial charge is 0.222 e. The van der Waals surface area contributed by atoms with Crippen LogP contribution in [0.5, 0.6) is 0 Å². The Hall–Kier alpha value is -2.35. The number of aliphatic imine (C=N–C) groups is 1. The zero-order chi connectivity index (χ0) is 21.3. The standard InChI is InChI=1S/C22H35FN6O/c1-3-24-22(26-18-9-10-21(30)27(2)17-18)25-11-6-12-28-13-15-29(16-14-28)20-8-5-4-7-19(20)23/h4-5,7-8,18H,3,6,9-17H2,1-2H3,(H2,24,25,26). The van der Waals surface area contributed by atoms with Gasteiger partial charge in [0.05, 0.1) is 5.69 Å². The second-order valence-corrected chi connectivity index (χ2v) is 8.05. The van der Waals surface area contributed by atoms with Gasteiger partial charge in [-0.05, 0) is 31.9 Å². The van der Waals surface area contributed by atoms with Crippen molar-refractivity contribution in [2.45, 2.75) is 32.2 Å². The Morgan fingerprint density at radius 3 is 2.70 bits per heavy atom. The second kappa shape index (κ2) is 11.2. The fourth-order valence-corrected chi connectivity index (χ4v) is 4.05. The molecule has 1 aromatic rings. The van der Waals surface area contributed by atoms with Gasteiger partial charge >= 0.3 is 0 Å². The summed E-state index contributed by atoms with van der Waals surface area (Å²) in [5.41, 5.74) is 0.707. The molecule has 0 saturated carbocycles. The number of nitrogens with one attached hydrogen (secondary N) is 2. The van der Waals surface area contributed by atoms with Gasteiger partial charge in [-0.25, -0.2) is 4.39 Å². The van der Waals surface area contributed by atoms with Crippen molar-refractivity contribution >= 4 is 17.6 Å². The molecule has 1 unspecified atom stereocenters. The molecule has 1 aromatic carbocycles. The molecule has 30 heavy (non-hydrogen) atoms. The highest BCUT2D eigenvalue weighted by Gasteiger charge is 2.23. The van der Waals surface area contributed by atoms with Crippen LogP contribution in [0.2, 0.25) is 0 Å². The molecule has 2 N–H and O–H groups in total. The van der Waals surface area contributed by atoms with Crippen LogP contribution in [0.15, 0.2) is 29.3 Å². The molecule has 0 spiro atoms. The van der Waals surface area contributed by atoms with Crippen molar-refractivity contribution < 1.29 is 9.18 Å². The van der Waals surface area contributed by atoms with E-state index in [1.165, 1.54) is 6.07 Å². The molecule has 2 aliphatic rings. The van der Waals surface area contributed by atoms with Crippen LogP contribution >= 0.6 is 0 Å². The highest BCUT2D eigenvalue weighted by molar-refractivity contribution is 5.81. The SMILES string of the molecule is CCNC(=NCCCN1CCN(c2ccccc2F)CC1)NC1CCC(=O)N(C)C1. The monoisotopic (exact) mass is 418 g/mol. The average Bonchev–Trinajstić information content (AvgIpc) is 2.75. The first-order valence-electron chi connectivity index (χ1n) is 11.1. The minimum atomic E-state index is -0.141. The Morgan fingerprint density at radius 2 is 2.00 bits per heavy atom. The Kier molecular flexibility index (Phi) is 8.30. The summed E-state index contributed by atoms with van der Waals surface area (Å²) in [7, 11) is 1.85. The third kappa shape index (κ3) is 6.32. The number of benzene rings is 1. The first-order valence-corrected chi connectivity index (χ1v) is 11.1. The van der Waals surface area contributed by atoms with Gasteiger partial charge in [-0.3, -0.25) is 14.7 Å². The van der Waals surface area contributed by atoms with Gasteiger partial charge in [0.1, 0.15) is 5.82 Å². The summed E-state index contributed by atoms with van der Waals surface area (Å²) in [5.74, 6) is 0.900. The van der Waals surface area contributed by atoms with Crippen LogP contribution in [0.3, 0.4) is 0 Å². The molecule has 7 nitrogen and oxygen atoms in total. The molecule has 0 radical (unpaired) electrons. The molecular weight excluding hydrogens is 383 g/mol. The summed E-state index contributed by atoms with van der Waals surface area (Å²) >= 11 is 0. The summed E-state index contributed by atoms with van der Waals surface area (Å²) in [6, 6.07) is 7.26. The van der Waals surface area contributed by atoms with Crippen LogP contribution in [0.4, 0.5) is 10.1 Å². The summed E-state index contributed by atoms with van der Waals surface area (Å²) in [6.45, 7) is 8.92. The highest BCUT2D eigenvalue weighted by Crippen LogP contribution is 2.20. The Balaban J connectivity index is 1.39. The van der Waals surface area contributed by atoms with Gasteiger partial charge in [0.15, 0.2) is 5.96 Å². The van der Waals surface area contributed by atoms with E-state index in [2.05, 4.69) is 27.4 Å². The zero-order valence-electron chi connectivity index (χ0n) is 18.2. The average molecular weight is 419 g/mol. The summed E-state index contributed by atoms with van der Waals surface area (Å²) in [5, 5.41) is 6.77. The molecule has 2 aliphatic heterocycles. The summed E-state index contributed by atoms with van der Waals surface area (Å²) in [4.78, 5) is 22.7. The van der Waals surface area contributed by atoms with E-state index in [0.717, 1.165) is 71.2 Å². The first-order chi connectivity index (χ1) is 14.6. The molecule has 166 valence electrons. The van der Waals surface area contributed by atoms with E-state index < -0.39 is 0 Å². The lowest BCUT2D eigenvalue weighted by Gasteiger charge is -2.36. The molecule has 8 heteroatoms. The minimum absolute atomic E-state index is 0.141. The Labute approximate surface area is 179 Å². The number of hydrogen-bond acceptors (Lipinski definition) is 4. The van der Waals surface area contributed by atoms with E-state index in [9.17, 15) is 9.18 Å². The predicted octanol–water partition coefficient (Wildman–Crippen LogP) is 1.51. The van der Waals surface area contributed by atoms with Gasteiger partial charge < -0.3 is 20.4 Å². The molecule has 2 saturated heterocycles. The van der Waals surface area contributed by atoms with Crippen LogP contribution < -0.4 is 15.5 Å². The molecule has 1 amide bonds. The molecular formula is C22H35FN6O. The van der Waals surface area contributed by atoms with Gasteiger partial charge in [0.2, 0.25) is 5.91 Å². The summed E-state index contributed by atoms with van der Waals surface area (Å²) < 4.78 is 14.0. The molecule has 0 bridgehead atoms. The van der Waals surface area contributed by atoms with Gasteiger partial charge in [0, 0.05) is 71.9 Å². The third-order valence-corrected chi connectivity index (χ3v) is 5.78. The zero-order valence-corrected chi connectivity index (χ0v) is 18.2. The van der Waals surface area contributed by atoms with Crippen molar-refractivity contribution in [2.75, 3.05) is 64.3 Å². The Morgan fingerprint density at radius 1 is 1.23 bits per heavy atom. The fraction of sp³-hybridized carbons (Fsp3) is 0.636. The normalized spacial score (nSPS) is 21.1. The van der Waals surface area contributed by atoms with Crippen LogP contribution in [0, 0.1) is 5.82 Å². The number of piperidine rings is 1. The van der Waals surface area contributed by atoms with Crippen LogP contribution in [0.25, 0.3) is 0 Å². The fourth-order valence-electron chi connectivity index (χ4n) is 4.05. The molecule has 3 rings (SSSR count). The van der Waals surface area contributed by atoms with Gasteiger partial charge in [-0.1, -0.05) is 12.1 Å². The van der Waals surface area contributed by atoms with Crippen molar-refractivity contribution in [3.63, 3.8) is 0 Å². The van der Waals surface area contributed by atoms with E-state index in [-0.39, 0.29) is 17.8 Å². The number of likely N-dealkylation sites (tertiary alicyclic amines) is 1. The van der Waals surface area contributed by atoms with Crippen molar-refractivity contribution in [1.29, 1.82) is 0 Å². The van der Waals surface area contributed by atoms with Crippen molar-refractivity contribution in [2.24, 2.45) is 4.99 Å². The number of carbonyl (C=O) groups excluding carboxylic acids is 1. The number of halogens is 1. The molecule has 1 atom stereocenters. The van der Waals surface area contributed by atoms with Gasteiger partial charge in [-0.15, -0.1) is 0 Å². The van der Waals surface area contributed by atoms with Crippen molar-refractivity contribution in [1.82, 2.24) is 20.4 Å². The van der Waals surface area contributed by atoms with Gasteiger partial charge in [0.25, 0.3) is 0 Å². The van der Waals surface area contributed by atoms with E-state index >= 15 is 0 Å². The van der Waals surface area contributed by atoms with Gasteiger partial charge in [-0.2, -0.15) is 0 Å². The Bertz CT molecular complexity index is 719. The maximum Gasteiger partial charge on any atom is 0.222 e. The highest BCUT2D eigenvalue weighted by atomic mass is 19.1. The lowest BCUT2D eigenvalue weighted by molar-refractivity contribution is -0.132. The second-order valence-electron chi connectivity index (χ2n) is 8.05. The molecule has 0 aliphatic carbocycles.